The number of nitrogens with one attached hydrogen (secondary N) is 2. The molecule has 162 valence electrons. The Morgan fingerprint density at radius 3 is 2.50 bits per heavy atom. The largest absolute Gasteiger partial charge is 0.384 e. The number of amides is 2. The number of hydroxylamine groups is 2. The molecule has 0 unspecified atom stereocenters. The van der Waals surface area contributed by atoms with E-state index in [0.717, 1.165) is 37.7 Å². The lowest BCUT2D eigenvalue weighted by atomic mass is 9.93. The number of nitrogens with zero attached hydrogens (tertiary/aromatic N) is 1. The van der Waals surface area contributed by atoms with Crippen LogP contribution in [0.1, 0.15) is 63.0 Å². The molecule has 2 amide bonds. The smallest absolute Gasteiger partial charge is 0.274 e. The van der Waals surface area contributed by atoms with Gasteiger partial charge in [-0.15, -0.1) is 0 Å². The van der Waals surface area contributed by atoms with E-state index in [4.69, 9.17) is 16.0 Å². The molecule has 1 fully saturated rings. The normalized spacial score (nSPS) is 19.2. The van der Waals surface area contributed by atoms with E-state index in [2.05, 4.69) is 5.32 Å². The van der Waals surface area contributed by atoms with Gasteiger partial charge in [-0.25, -0.2) is 5.06 Å². The summed E-state index contributed by atoms with van der Waals surface area (Å²) in [5.74, 6) is -0.725. The summed E-state index contributed by atoms with van der Waals surface area (Å²) in [5.41, 5.74) is 7.59. The van der Waals surface area contributed by atoms with Crippen LogP contribution in [0.25, 0.3) is 0 Å². The molecule has 0 aliphatic heterocycles. The van der Waals surface area contributed by atoms with Gasteiger partial charge in [0.15, 0.2) is 0 Å². The second-order valence-electron chi connectivity index (χ2n) is 7.96. The van der Waals surface area contributed by atoms with Crippen molar-refractivity contribution in [1.29, 1.82) is 5.41 Å². The summed E-state index contributed by atoms with van der Waals surface area (Å²) in [7, 11) is 0. The minimum Gasteiger partial charge on any atom is -0.384 e. The molecule has 0 bridgehead atoms. The van der Waals surface area contributed by atoms with Crippen LogP contribution in [0.5, 0.6) is 0 Å². The number of nitrogen functional groups attached to an aromatic ring is 1. The maximum Gasteiger partial charge on any atom is 0.274 e. The van der Waals surface area contributed by atoms with E-state index in [1.54, 1.807) is 12.1 Å². The Morgan fingerprint density at radius 2 is 1.87 bits per heavy atom. The molecule has 4 N–H and O–H groups in total. The van der Waals surface area contributed by atoms with Crippen LogP contribution < -0.4 is 11.1 Å². The molecule has 1 saturated carbocycles. The zero-order chi connectivity index (χ0) is 21.5. The monoisotopic (exact) mass is 412 g/mol. The highest BCUT2D eigenvalue weighted by Crippen LogP contribution is 2.31. The predicted molar refractivity (Wildman–Crippen MR) is 115 cm³/mol. The van der Waals surface area contributed by atoms with E-state index in [9.17, 15) is 9.59 Å². The first-order valence-corrected chi connectivity index (χ1v) is 10.9. The summed E-state index contributed by atoms with van der Waals surface area (Å²) in [5, 5.41) is 11.9. The van der Waals surface area contributed by atoms with Crippen molar-refractivity contribution in [3.8, 4) is 0 Å². The van der Waals surface area contributed by atoms with Crippen molar-refractivity contribution in [1.82, 2.24) is 10.4 Å². The van der Waals surface area contributed by atoms with E-state index in [0.29, 0.717) is 30.7 Å². The fraction of sp³-hybridized carbons (Fsp3) is 0.522. The molecule has 30 heavy (non-hydrogen) atoms. The van der Waals surface area contributed by atoms with Gasteiger partial charge in [-0.05, 0) is 38.2 Å². The molecular formula is C23H32N4O3. The molecular weight excluding hydrogens is 380 g/mol. The highest BCUT2D eigenvalue weighted by Gasteiger charge is 2.36. The zero-order valence-electron chi connectivity index (χ0n) is 17.7. The van der Waals surface area contributed by atoms with Crippen molar-refractivity contribution in [2.75, 3.05) is 6.61 Å². The molecule has 0 radical (unpaired) electrons. The summed E-state index contributed by atoms with van der Waals surface area (Å²) in [6.07, 6.45) is 8.56. The van der Waals surface area contributed by atoms with Gasteiger partial charge >= 0.3 is 0 Å². The van der Waals surface area contributed by atoms with Gasteiger partial charge in [0.2, 0.25) is 5.91 Å². The van der Waals surface area contributed by atoms with Gasteiger partial charge in [0, 0.05) is 17.7 Å². The Morgan fingerprint density at radius 1 is 1.17 bits per heavy atom. The van der Waals surface area contributed by atoms with Crippen LogP contribution in [0.3, 0.4) is 0 Å². The second kappa shape index (κ2) is 10.4. The molecule has 2 aliphatic rings. The third kappa shape index (κ3) is 5.27. The number of rotatable bonds is 8. The quantitative estimate of drug-likeness (QED) is 0.346. The van der Waals surface area contributed by atoms with E-state index in [-0.39, 0.29) is 23.7 Å². The van der Waals surface area contributed by atoms with Crippen LogP contribution >= 0.6 is 0 Å². The lowest BCUT2D eigenvalue weighted by molar-refractivity contribution is -0.198. The molecule has 0 heterocycles. The summed E-state index contributed by atoms with van der Waals surface area (Å²) < 4.78 is 0. The van der Waals surface area contributed by atoms with Crippen LogP contribution in [0, 0.1) is 11.3 Å². The van der Waals surface area contributed by atoms with E-state index in [1.165, 1.54) is 11.5 Å². The first-order valence-electron chi connectivity index (χ1n) is 10.9. The molecule has 3 rings (SSSR count). The first-order chi connectivity index (χ1) is 14.5. The van der Waals surface area contributed by atoms with Crippen molar-refractivity contribution >= 4 is 17.6 Å². The van der Waals surface area contributed by atoms with Crippen LogP contribution in [0.4, 0.5) is 0 Å². The summed E-state index contributed by atoms with van der Waals surface area (Å²) in [6.45, 7) is 2.68. The number of nitrogens with two attached hydrogens (primary N) is 1. The van der Waals surface area contributed by atoms with E-state index in [1.807, 2.05) is 25.1 Å². The van der Waals surface area contributed by atoms with Gasteiger partial charge in [0.05, 0.1) is 18.6 Å². The molecule has 1 atom stereocenters. The van der Waals surface area contributed by atoms with Crippen molar-refractivity contribution in [3.63, 3.8) is 0 Å². The minimum absolute atomic E-state index is 0.0154. The van der Waals surface area contributed by atoms with Gasteiger partial charge in [-0.2, -0.15) is 0 Å². The average molecular weight is 413 g/mol. The number of benzene rings is 1. The Labute approximate surface area is 178 Å². The standard InChI is InChI=1S/C23H32N4O3/c1-2-30-27(18-7-4-3-5-8-18)23(29)20-10-6-9-19(20)22(28)26-15-16-11-13-17(14-12-16)21(24)25/h10-14,18-19H,2-9,15H2,1H3,(H3,24,25)(H,26,28)/t19-/m1/s1. The van der Waals surface area contributed by atoms with Gasteiger partial charge < -0.3 is 11.1 Å². The van der Waals surface area contributed by atoms with Gasteiger partial charge in [-0.1, -0.05) is 49.6 Å². The first kappa shape index (κ1) is 22.0. The van der Waals surface area contributed by atoms with Gasteiger partial charge in [-0.3, -0.25) is 19.8 Å². The number of amidine groups is 1. The zero-order valence-corrected chi connectivity index (χ0v) is 17.7. The fourth-order valence-corrected chi connectivity index (χ4v) is 4.24. The topological polar surface area (TPSA) is 109 Å². The molecule has 1 aromatic carbocycles. The van der Waals surface area contributed by atoms with Crippen molar-refractivity contribution in [2.45, 2.75) is 64.5 Å². The third-order valence-electron chi connectivity index (χ3n) is 5.86. The Kier molecular flexibility index (Phi) is 7.63. The van der Waals surface area contributed by atoms with Crippen LogP contribution in [0.2, 0.25) is 0 Å². The lowest BCUT2D eigenvalue weighted by Crippen LogP contribution is -2.44. The second-order valence-corrected chi connectivity index (χ2v) is 7.96. The predicted octanol–water partition coefficient (Wildman–Crippen LogP) is 3.04. The number of carbonyl (C=O) groups excluding carboxylic acids is 2. The Balaban J connectivity index is 1.62. The average Bonchev–Trinajstić information content (AvgIpc) is 3.26. The maximum absolute atomic E-state index is 13.2. The van der Waals surface area contributed by atoms with Gasteiger partial charge in [0.25, 0.3) is 5.91 Å². The van der Waals surface area contributed by atoms with Crippen molar-refractivity contribution in [2.24, 2.45) is 11.7 Å². The Bertz CT molecular complexity index is 797. The van der Waals surface area contributed by atoms with Crippen LogP contribution in [-0.4, -0.2) is 35.4 Å². The van der Waals surface area contributed by atoms with E-state index < -0.39 is 5.92 Å². The molecule has 0 spiro atoms. The van der Waals surface area contributed by atoms with Crippen molar-refractivity contribution in [3.05, 3.63) is 47.0 Å². The van der Waals surface area contributed by atoms with Crippen LogP contribution in [-0.2, 0) is 21.0 Å². The molecule has 7 heteroatoms. The summed E-state index contributed by atoms with van der Waals surface area (Å²) >= 11 is 0. The number of allylic oxidation sites excluding steroid dienone is 1. The highest BCUT2D eigenvalue weighted by atomic mass is 16.7. The van der Waals surface area contributed by atoms with E-state index >= 15 is 0 Å². The number of hydrogen-bond donors (Lipinski definition) is 3. The summed E-state index contributed by atoms with van der Waals surface area (Å²) in [4.78, 5) is 31.8. The molecule has 2 aliphatic carbocycles. The minimum atomic E-state index is -0.444. The lowest BCUT2D eigenvalue weighted by Gasteiger charge is -2.33. The number of hydrogen-bond acceptors (Lipinski definition) is 4. The molecule has 1 aromatic rings. The third-order valence-corrected chi connectivity index (χ3v) is 5.86. The van der Waals surface area contributed by atoms with Gasteiger partial charge in [0.1, 0.15) is 5.84 Å². The number of carbonyl (C=O) groups is 2. The fourth-order valence-electron chi connectivity index (χ4n) is 4.24. The Hall–Kier alpha value is -2.67. The summed E-state index contributed by atoms with van der Waals surface area (Å²) in [6, 6.07) is 7.30. The highest BCUT2D eigenvalue weighted by molar-refractivity contribution is 6.00. The maximum atomic E-state index is 13.2. The van der Waals surface area contributed by atoms with Crippen molar-refractivity contribution < 1.29 is 14.4 Å². The SMILES string of the molecule is CCON(C(=O)C1=CCC[C@H]1C(=O)NCc1ccc(C(=N)N)cc1)C1CCCCC1. The molecule has 7 nitrogen and oxygen atoms in total. The molecule has 0 saturated heterocycles. The van der Waals surface area contributed by atoms with Crippen LogP contribution in [0.15, 0.2) is 35.9 Å². The molecule has 0 aromatic heterocycles.